The third-order valence-electron chi connectivity index (χ3n) is 2.39. The van der Waals surface area contributed by atoms with Gasteiger partial charge >= 0.3 is 0 Å². The van der Waals surface area contributed by atoms with E-state index in [0.29, 0.717) is 12.3 Å². The number of ether oxygens (including phenoxy) is 1. The summed E-state index contributed by atoms with van der Waals surface area (Å²) in [6, 6.07) is 9.55. The highest BCUT2D eigenvalue weighted by molar-refractivity contribution is 7.07. The predicted octanol–water partition coefficient (Wildman–Crippen LogP) is 3.53. The molecule has 4 heteroatoms. The first-order chi connectivity index (χ1) is 8.29. The van der Waals surface area contributed by atoms with E-state index in [9.17, 15) is 0 Å². The topological polar surface area (TPSA) is 41.8 Å². The summed E-state index contributed by atoms with van der Waals surface area (Å²) in [5, 5.41) is 16.0. The molecule has 0 amide bonds. The van der Waals surface area contributed by atoms with Gasteiger partial charge in [-0.15, -0.1) is 0 Å². The zero-order chi connectivity index (χ0) is 12.1. The van der Waals surface area contributed by atoms with E-state index in [2.05, 4.69) is 10.5 Å². The molecule has 1 aromatic heterocycles. The summed E-state index contributed by atoms with van der Waals surface area (Å²) >= 11 is 1.65. The lowest BCUT2D eigenvalue weighted by molar-refractivity contribution is 0.306. The minimum atomic E-state index is 0.558. The second-order valence-electron chi connectivity index (χ2n) is 3.63. The van der Waals surface area contributed by atoms with Crippen molar-refractivity contribution in [1.29, 1.82) is 0 Å². The van der Waals surface area contributed by atoms with Gasteiger partial charge in [0.05, 0.1) is 5.71 Å². The average molecular weight is 247 g/mol. The van der Waals surface area contributed by atoms with Crippen LogP contribution in [0.2, 0.25) is 0 Å². The molecule has 0 aliphatic heterocycles. The smallest absolute Gasteiger partial charge is 0.120 e. The van der Waals surface area contributed by atoms with Crippen LogP contribution >= 0.6 is 11.3 Å². The standard InChI is InChI=1S/C13H13NO2S/c1-10(14-15)12-3-2-4-13(7-12)16-8-11-5-6-17-9-11/h2-7,9,15H,8H2,1H3/b14-10+. The van der Waals surface area contributed by atoms with E-state index < -0.39 is 0 Å². The van der Waals surface area contributed by atoms with Crippen LogP contribution in [0.3, 0.4) is 0 Å². The first-order valence-electron chi connectivity index (χ1n) is 5.22. The van der Waals surface area contributed by atoms with Crippen LogP contribution in [-0.4, -0.2) is 10.9 Å². The SMILES string of the molecule is C/C(=N\O)c1cccc(OCc2ccsc2)c1. The summed E-state index contributed by atoms with van der Waals surface area (Å²) in [4.78, 5) is 0. The zero-order valence-corrected chi connectivity index (χ0v) is 10.3. The highest BCUT2D eigenvalue weighted by atomic mass is 32.1. The summed E-state index contributed by atoms with van der Waals surface area (Å²) in [5.74, 6) is 0.775. The molecule has 0 atom stereocenters. The lowest BCUT2D eigenvalue weighted by Crippen LogP contribution is -1.97. The van der Waals surface area contributed by atoms with Gasteiger partial charge in [-0.2, -0.15) is 11.3 Å². The molecule has 88 valence electrons. The van der Waals surface area contributed by atoms with E-state index in [-0.39, 0.29) is 0 Å². The van der Waals surface area contributed by atoms with Crippen LogP contribution in [0.15, 0.2) is 46.2 Å². The monoisotopic (exact) mass is 247 g/mol. The number of oxime groups is 1. The minimum Gasteiger partial charge on any atom is -0.489 e. The maximum Gasteiger partial charge on any atom is 0.120 e. The average Bonchev–Trinajstić information content (AvgIpc) is 2.89. The Morgan fingerprint density at radius 3 is 3.00 bits per heavy atom. The normalized spacial score (nSPS) is 11.5. The van der Waals surface area contributed by atoms with E-state index in [1.54, 1.807) is 18.3 Å². The van der Waals surface area contributed by atoms with Gasteiger partial charge in [0.2, 0.25) is 0 Å². The molecule has 0 aliphatic carbocycles. The number of thiophene rings is 1. The third-order valence-corrected chi connectivity index (χ3v) is 3.12. The Bertz CT molecular complexity index is 506. The summed E-state index contributed by atoms with van der Waals surface area (Å²) in [7, 11) is 0. The van der Waals surface area contributed by atoms with Crippen LogP contribution < -0.4 is 4.74 Å². The lowest BCUT2D eigenvalue weighted by Gasteiger charge is -2.06. The molecule has 2 rings (SSSR count). The van der Waals surface area contributed by atoms with Crippen LogP contribution in [0.1, 0.15) is 18.1 Å². The number of nitrogens with zero attached hydrogens (tertiary/aromatic N) is 1. The Morgan fingerprint density at radius 2 is 2.29 bits per heavy atom. The van der Waals surface area contributed by atoms with Crippen LogP contribution in [-0.2, 0) is 6.61 Å². The molecule has 0 saturated heterocycles. The van der Waals surface area contributed by atoms with Gasteiger partial charge in [-0.05, 0) is 41.4 Å². The Morgan fingerprint density at radius 1 is 1.41 bits per heavy atom. The second kappa shape index (κ2) is 5.50. The number of hydrogen-bond donors (Lipinski definition) is 1. The zero-order valence-electron chi connectivity index (χ0n) is 9.46. The van der Waals surface area contributed by atoms with Crippen molar-refractivity contribution >= 4 is 17.0 Å². The summed E-state index contributed by atoms with van der Waals surface area (Å²) in [5.41, 5.74) is 2.59. The van der Waals surface area contributed by atoms with Crippen molar-refractivity contribution in [3.63, 3.8) is 0 Å². The molecule has 3 nitrogen and oxygen atoms in total. The van der Waals surface area contributed by atoms with Crippen molar-refractivity contribution in [3.05, 3.63) is 52.2 Å². The van der Waals surface area contributed by atoms with Crippen molar-refractivity contribution in [2.45, 2.75) is 13.5 Å². The van der Waals surface area contributed by atoms with Crippen molar-refractivity contribution in [3.8, 4) is 5.75 Å². The molecule has 0 bridgehead atoms. The second-order valence-corrected chi connectivity index (χ2v) is 4.41. The van der Waals surface area contributed by atoms with E-state index in [1.807, 2.05) is 35.7 Å². The van der Waals surface area contributed by atoms with Gasteiger partial charge in [0.25, 0.3) is 0 Å². The molecule has 0 aliphatic rings. The molecular weight excluding hydrogens is 234 g/mol. The van der Waals surface area contributed by atoms with Gasteiger partial charge in [-0.3, -0.25) is 0 Å². The number of benzene rings is 1. The van der Waals surface area contributed by atoms with Gasteiger partial charge in [0, 0.05) is 5.56 Å². The van der Waals surface area contributed by atoms with E-state index in [1.165, 1.54) is 0 Å². The quantitative estimate of drug-likeness (QED) is 0.510. The molecular formula is C13H13NO2S. The minimum absolute atomic E-state index is 0.558. The maximum atomic E-state index is 8.71. The molecule has 1 N–H and O–H groups in total. The highest BCUT2D eigenvalue weighted by Crippen LogP contribution is 2.16. The van der Waals surface area contributed by atoms with Crippen LogP contribution in [0.5, 0.6) is 5.75 Å². The van der Waals surface area contributed by atoms with Crippen molar-refractivity contribution in [2.24, 2.45) is 5.16 Å². The third kappa shape index (κ3) is 3.07. The van der Waals surface area contributed by atoms with E-state index >= 15 is 0 Å². The molecule has 1 heterocycles. The van der Waals surface area contributed by atoms with Crippen LogP contribution in [0.25, 0.3) is 0 Å². The lowest BCUT2D eigenvalue weighted by atomic mass is 10.1. The van der Waals surface area contributed by atoms with Crippen molar-refractivity contribution in [2.75, 3.05) is 0 Å². The Hall–Kier alpha value is -1.81. The van der Waals surface area contributed by atoms with Gasteiger partial charge in [-0.25, -0.2) is 0 Å². The number of hydrogen-bond acceptors (Lipinski definition) is 4. The Kier molecular flexibility index (Phi) is 3.77. The Balaban J connectivity index is 2.06. The fraction of sp³-hybridized carbons (Fsp3) is 0.154. The van der Waals surface area contributed by atoms with E-state index in [4.69, 9.17) is 9.94 Å². The largest absolute Gasteiger partial charge is 0.489 e. The Labute approximate surface area is 104 Å². The van der Waals surface area contributed by atoms with Gasteiger partial charge < -0.3 is 9.94 Å². The summed E-state index contributed by atoms with van der Waals surface area (Å²) < 4.78 is 5.66. The maximum absolute atomic E-state index is 8.71. The molecule has 0 spiro atoms. The summed E-state index contributed by atoms with van der Waals surface area (Å²) in [6.45, 7) is 2.31. The fourth-order valence-electron chi connectivity index (χ4n) is 1.41. The summed E-state index contributed by atoms with van der Waals surface area (Å²) in [6.07, 6.45) is 0. The van der Waals surface area contributed by atoms with Gasteiger partial charge in [-0.1, -0.05) is 17.3 Å². The predicted molar refractivity (Wildman–Crippen MR) is 69.1 cm³/mol. The first-order valence-corrected chi connectivity index (χ1v) is 6.17. The molecule has 0 unspecified atom stereocenters. The van der Waals surface area contributed by atoms with Gasteiger partial charge in [0.1, 0.15) is 12.4 Å². The van der Waals surface area contributed by atoms with E-state index in [0.717, 1.165) is 16.9 Å². The molecule has 0 fully saturated rings. The van der Waals surface area contributed by atoms with Crippen molar-refractivity contribution < 1.29 is 9.94 Å². The van der Waals surface area contributed by atoms with Crippen LogP contribution in [0, 0.1) is 0 Å². The van der Waals surface area contributed by atoms with Crippen LogP contribution in [0.4, 0.5) is 0 Å². The van der Waals surface area contributed by atoms with Crippen molar-refractivity contribution in [1.82, 2.24) is 0 Å². The highest BCUT2D eigenvalue weighted by Gasteiger charge is 2.01. The van der Waals surface area contributed by atoms with Gasteiger partial charge in [0.15, 0.2) is 0 Å². The molecule has 0 saturated carbocycles. The molecule has 17 heavy (non-hydrogen) atoms. The first kappa shape index (κ1) is 11.7. The molecule has 0 radical (unpaired) electrons. The number of rotatable bonds is 4. The molecule has 2 aromatic rings. The fourth-order valence-corrected chi connectivity index (χ4v) is 2.06. The molecule has 1 aromatic carbocycles.